The number of rotatable bonds is 3. The normalized spacial score (nSPS) is 29.6. The van der Waals surface area contributed by atoms with Gasteiger partial charge in [-0.1, -0.05) is 12.2 Å². The molecule has 0 radical (unpaired) electrons. The molecule has 0 aromatic heterocycles. The summed E-state index contributed by atoms with van der Waals surface area (Å²) >= 11 is 0. The van der Waals surface area contributed by atoms with E-state index in [9.17, 15) is 23.5 Å². The minimum Gasteiger partial charge on any atom is -0.550 e. The van der Waals surface area contributed by atoms with E-state index < -0.39 is 35.3 Å². The maximum atomic E-state index is 13.5. The monoisotopic (exact) mass is 292 g/mol. The zero-order valence-electron chi connectivity index (χ0n) is 10.9. The number of carbonyl (C=O) groups excluding carboxylic acids is 2. The van der Waals surface area contributed by atoms with Crippen LogP contribution in [0, 0.1) is 35.3 Å². The average Bonchev–Trinajstić information content (AvgIpc) is 3.03. The molecule has 6 heteroatoms. The largest absolute Gasteiger partial charge is 0.550 e. The van der Waals surface area contributed by atoms with Crippen LogP contribution in [0.4, 0.5) is 14.5 Å². The van der Waals surface area contributed by atoms with Crippen molar-refractivity contribution in [2.24, 2.45) is 23.7 Å². The van der Waals surface area contributed by atoms with Crippen molar-refractivity contribution in [3.63, 3.8) is 0 Å². The van der Waals surface area contributed by atoms with Gasteiger partial charge in [0.1, 0.15) is 11.6 Å². The van der Waals surface area contributed by atoms with Gasteiger partial charge in [-0.3, -0.25) is 4.79 Å². The van der Waals surface area contributed by atoms with Crippen molar-refractivity contribution in [2.45, 2.75) is 6.42 Å². The first-order valence-electron chi connectivity index (χ1n) is 6.62. The van der Waals surface area contributed by atoms with Gasteiger partial charge in [-0.05, 0) is 30.4 Å². The van der Waals surface area contributed by atoms with Crippen molar-refractivity contribution in [1.82, 2.24) is 0 Å². The molecule has 110 valence electrons. The molecule has 2 bridgehead atoms. The number of hydrogen-bond acceptors (Lipinski definition) is 3. The highest BCUT2D eigenvalue weighted by Gasteiger charge is 2.48. The van der Waals surface area contributed by atoms with Crippen LogP contribution >= 0.6 is 0 Å². The van der Waals surface area contributed by atoms with Gasteiger partial charge in [-0.25, -0.2) is 8.78 Å². The standard InChI is InChI=1S/C15H13F2NO3/c16-9-3-4-10(17)11(6-9)18-14(19)12-7-1-2-8(5-7)13(12)15(20)21/h1-4,6-8,12-13H,5H2,(H,18,19)(H,20,21)/p-1/t7-,8-,12+,13-/m0/s1. The molecule has 0 spiro atoms. The second-order valence-electron chi connectivity index (χ2n) is 5.43. The number of allylic oxidation sites excluding steroid dienone is 2. The summed E-state index contributed by atoms with van der Waals surface area (Å²) in [5, 5.41) is 13.5. The topological polar surface area (TPSA) is 69.2 Å². The van der Waals surface area contributed by atoms with Crippen LogP contribution in [0.2, 0.25) is 0 Å². The van der Waals surface area contributed by atoms with Gasteiger partial charge in [0.25, 0.3) is 0 Å². The Morgan fingerprint density at radius 2 is 1.81 bits per heavy atom. The molecule has 0 heterocycles. The number of carboxylic acids is 1. The molecule has 1 fully saturated rings. The maximum Gasteiger partial charge on any atom is 0.228 e. The number of nitrogens with one attached hydrogen (secondary N) is 1. The fourth-order valence-electron chi connectivity index (χ4n) is 3.31. The van der Waals surface area contributed by atoms with E-state index in [1.165, 1.54) is 0 Å². The summed E-state index contributed by atoms with van der Waals surface area (Å²) in [6, 6.07) is 2.71. The fourth-order valence-corrected chi connectivity index (χ4v) is 3.31. The quantitative estimate of drug-likeness (QED) is 0.848. The summed E-state index contributed by atoms with van der Waals surface area (Å²) in [4.78, 5) is 23.5. The number of amides is 1. The minimum absolute atomic E-state index is 0.200. The summed E-state index contributed by atoms with van der Waals surface area (Å²) in [5.74, 6) is -5.52. The maximum absolute atomic E-state index is 13.5. The summed E-state index contributed by atoms with van der Waals surface area (Å²) in [7, 11) is 0. The smallest absolute Gasteiger partial charge is 0.228 e. The third-order valence-electron chi connectivity index (χ3n) is 4.22. The van der Waals surface area contributed by atoms with E-state index in [0.717, 1.165) is 18.2 Å². The molecule has 2 aliphatic carbocycles. The van der Waals surface area contributed by atoms with E-state index in [1.54, 1.807) is 12.2 Å². The lowest BCUT2D eigenvalue weighted by molar-refractivity contribution is -0.313. The number of carboxylic acid groups (broad SMARTS) is 1. The van der Waals surface area contributed by atoms with E-state index in [2.05, 4.69) is 5.32 Å². The first-order chi connectivity index (χ1) is 9.97. The van der Waals surface area contributed by atoms with Crippen molar-refractivity contribution in [3.8, 4) is 0 Å². The van der Waals surface area contributed by atoms with Crippen molar-refractivity contribution >= 4 is 17.6 Å². The third-order valence-corrected chi connectivity index (χ3v) is 4.22. The molecular formula is C15H12F2NO3-. The zero-order chi connectivity index (χ0) is 15.1. The zero-order valence-corrected chi connectivity index (χ0v) is 10.9. The summed E-state index contributed by atoms with van der Waals surface area (Å²) in [6.45, 7) is 0. The Hall–Kier alpha value is -2.24. The molecule has 1 amide bonds. The molecule has 4 nitrogen and oxygen atoms in total. The van der Waals surface area contributed by atoms with Gasteiger partial charge < -0.3 is 15.2 Å². The molecule has 1 saturated carbocycles. The molecule has 1 N–H and O–H groups in total. The minimum atomic E-state index is -1.29. The number of halogens is 2. The van der Waals surface area contributed by atoms with E-state index in [4.69, 9.17) is 0 Å². The van der Waals surface area contributed by atoms with Gasteiger partial charge in [-0.2, -0.15) is 0 Å². The first-order valence-corrected chi connectivity index (χ1v) is 6.62. The Balaban J connectivity index is 1.83. The first kappa shape index (κ1) is 13.7. The Bertz CT molecular complexity index is 644. The van der Waals surface area contributed by atoms with Gasteiger partial charge >= 0.3 is 0 Å². The van der Waals surface area contributed by atoms with Crippen LogP contribution in [-0.4, -0.2) is 11.9 Å². The van der Waals surface area contributed by atoms with Gasteiger partial charge in [0.05, 0.1) is 11.6 Å². The van der Waals surface area contributed by atoms with Crippen LogP contribution in [0.1, 0.15) is 6.42 Å². The predicted octanol–water partition coefficient (Wildman–Crippen LogP) is 1.09. The molecule has 0 saturated heterocycles. The lowest BCUT2D eigenvalue weighted by Gasteiger charge is -2.27. The van der Waals surface area contributed by atoms with E-state index >= 15 is 0 Å². The van der Waals surface area contributed by atoms with Gasteiger partial charge in [0.2, 0.25) is 5.91 Å². The SMILES string of the molecule is O=C([O-])[C@@H]1[C@H](C(=O)Nc2cc(F)ccc2F)[C@H]2C=C[C@H]1C2. The molecular weight excluding hydrogens is 280 g/mol. The highest BCUT2D eigenvalue weighted by Crippen LogP contribution is 2.48. The fraction of sp³-hybridized carbons (Fsp3) is 0.333. The Labute approximate surface area is 119 Å². The van der Waals surface area contributed by atoms with Crippen molar-refractivity contribution in [3.05, 3.63) is 42.0 Å². The molecule has 1 aromatic rings. The lowest BCUT2D eigenvalue weighted by atomic mass is 9.82. The molecule has 3 rings (SSSR count). The van der Waals surface area contributed by atoms with E-state index in [-0.39, 0.29) is 17.5 Å². The lowest BCUT2D eigenvalue weighted by Crippen LogP contribution is -2.43. The Morgan fingerprint density at radius 1 is 1.14 bits per heavy atom. The summed E-state index contributed by atoms with van der Waals surface area (Å²) < 4.78 is 26.6. The van der Waals surface area contributed by atoms with Crippen molar-refractivity contribution < 1.29 is 23.5 Å². The van der Waals surface area contributed by atoms with Crippen molar-refractivity contribution in [1.29, 1.82) is 0 Å². The Kier molecular flexibility index (Phi) is 3.23. The third kappa shape index (κ3) is 2.30. The number of anilines is 1. The highest BCUT2D eigenvalue weighted by molar-refractivity contribution is 5.96. The summed E-state index contributed by atoms with van der Waals surface area (Å²) in [5.41, 5.74) is -0.288. The van der Waals surface area contributed by atoms with Crippen LogP contribution < -0.4 is 10.4 Å². The van der Waals surface area contributed by atoms with Crippen LogP contribution in [0.3, 0.4) is 0 Å². The molecule has 0 aliphatic heterocycles. The van der Waals surface area contributed by atoms with Crippen LogP contribution in [0.5, 0.6) is 0 Å². The highest BCUT2D eigenvalue weighted by atomic mass is 19.1. The number of hydrogen-bond donors (Lipinski definition) is 1. The number of carbonyl (C=O) groups is 2. The van der Waals surface area contributed by atoms with Gasteiger partial charge in [0, 0.05) is 18.0 Å². The molecule has 21 heavy (non-hydrogen) atoms. The van der Waals surface area contributed by atoms with Crippen molar-refractivity contribution in [2.75, 3.05) is 5.32 Å². The van der Waals surface area contributed by atoms with Gasteiger partial charge in [-0.15, -0.1) is 0 Å². The molecule has 2 aliphatic rings. The molecule has 1 aromatic carbocycles. The molecule has 0 unspecified atom stereocenters. The van der Waals surface area contributed by atoms with Crippen LogP contribution in [-0.2, 0) is 9.59 Å². The van der Waals surface area contributed by atoms with Crippen LogP contribution in [0.15, 0.2) is 30.4 Å². The molecule has 4 atom stereocenters. The van der Waals surface area contributed by atoms with E-state index in [0.29, 0.717) is 6.42 Å². The predicted molar refractivity (Wildman–Crippen MR) is 67.7 cm³/mol. The Morgan fingerprint density at radius 3 is 2.48 bits per heavy atom. The number of benzene rings is 1. The van der Waals surface area contributed by atoms with Crippen LogP contribution in [0.25, 0.3) is 0 Å². The summed E-state index contributed by atoms with van der Waals surface area (Å²) in [6.07, 6.45) is 4.15. The second-order valence-corrected chi connectivity index (χ2v) is 5.43. The average molecular weight is 292 g/mol. The van der Waals surface area contributed by atoms with Gasteiger partial charge in [0.15, 0.2) is 0 Å². The van der Waals surface area contributed by atoms with E-state index in [1.807, 2.05) is 0 Å². The number of fused-ring (bicyclic) bond motifs is 2. The second kappa shape index (κ2) is 4.95. The number of aliphatic carboxylic acids is 1.